The topological polar surface area (TPSA) is 75.7 Å². The molecule has 30 heavy (non-hydrogen) atoms. The van der Waals surface area contributed by atoms with Crippen molar-refractivity contribution in [1.29, 1.82) is 0 Å². The van der Waals surface area contributed by atoms with Gasteiger partial charge in [0.25, 0.3) is 0 Å². The van der Waals surface area contributed by atoms with Crippen LogP contribution in [0, 0.1) is 20.8 Å². The molecule has 2 aromatic rings. The van der Waals surface area contributed by atoms with Crippen molar-refractivity contribution in [2.24, 2.45) is 0 Å². The maximum absolute atomic E-state index is 13.4. The molecule has 0 aromatic heterocycles. The van der Waals surface area contributed by atoms with Crippen molar-refractivity contribution in [1.82, 2.24) is 4.31 Å². The summed E-state index contributed by atoms with van der Waals surface area (Å²) in [6.45, 7) is 6.09. The lowest BCUT2D eigenvalue weighted by Crippen LogP contribution is -2.42. The molecule has 1 aliphatic heterocycles. The van der Waals surface area contributed by atoms with Crippen molar-refractivity contribution in [2.75, 3.05) is 25.0 Å². The fraction of sp³-hybridized carbons (Fsp3) is 0.409. The molecule has 1 unspecified atom stereocenters. The van der Waals surface area contributed by atoms with Gasteiger partial charge in [-0.15, -0.1) is 0 Å². The van der Waals surface area contributed by atoms with Crippen LogP contribution in [0.15, 0.2) is 41.3 Å². The maximum atomic E-state index is 13.4. The molecule has 1 heterocycles. The van der Waals surface area contributed by atoms with Gasteiger partial charge in [0.1, 0.15) is 4.90 Å². The third kappa shape index (κ3) is 5.21. The predicted octanol–water partition coefficient (Wildman–Crippen LogP) is 4.07. The second kappa shape index (κ2) is 9.47. The van der Waals surface area contributed by atoms with E-state index in [1.165, 1.54) is 10.4 Å². The third-order valence-electron chi connectivity index (χ3n) is 5.34. The Kier molecular flexibility index (Phi) is 7.18. The summed E-state index contributed by atoms with van der Waals surface area (Å²) in [6, 6.07) is 10.4. The van der Waals surface area contributed by atoms with E-state index in [4.69, 9.17) is 16.3 Å². The number of sulfonamides is 1. The van der Waals surface area contributed by atoms with Crippen LogP contribution >= 0.6 is 11.6 Å². The highest BCUT2D eigenvalue weighted by molar-refractivity contribution is 7.89. The van der Waals surface area contributed by atoms with Crippen molar-refractivity contribution in [3.8, 4) is 0 Å². The highest BCUT2D eigenvalue weighted by Crippen LogP contribution is 2.27. The Hall–Kier alpha value is -1.93. The zero-order valence-corrected chi connectivity index (χ0v) is 19.0. The monoisotopic (exact) mass is 450 g/mol. The summed E-state index contributed by atoms with van der Waals surface area (Å²) in [7, 11) is -3.98. The van der Waals surface area contributed by atoms with E-state index in [2.05, 4.69) is 5.32 Å². The zero-order valence-electron chi connectivity index (χ0n) is 17.4. The first-order valence-corrected chi connectivity index (χ1v) is 11.7. The molecule has 6 nitrogen and oxygen atoms in total. The minimum atomic E-state index is -3.98. The van der Waals surface area contributed by atoms with Gasteiger partial charge in [0.15, 0.2) is 0 Å². The van der Waals surface area contributed by atoms with Crippen LogP contribution in [-0.4, -0.2) is 44.4 Å². The second-order valence-corrected chi connectivity index (χ2v) is 9.98. The molecule has 0 spiro atoms. The summed E-state index contributed by atoms with van der Waals surface area (Å²) < 4.78 is 33.5. The fourth-order valence-electron chi connectivity index (χ4n) is 3.45. The van der Waals surface area contributed by atoms with Crippen LogP contribution in [-0.2, 0) is 19.6 Å². The van der Waals surface area contributed by atoms with E-state index in [-0.39, 0.29) is 29.1 Å². The van der Waals surface area contributed by atoms with Crippen LogP contribution in [0.4, 0.5) is 5.69 Å². The summed E-state index contributed by atoms with van der Waals surface area (Å²) >= 11 is 6.24. The molecule has 1 amide bonds. The summed E-state index contributed by atoms with van der Waals surface area (Å²) in [5.74, 6) is -0.409. The van der Waals surface area contributed by atoms with E-state index in [1.807, 2.05) is 32.9 Å². The molecule has 1 fully saturated rings. The number of halogens is 1. The van der Waals surface area contributed by atoms with Crippen LogP contribution in [0.1, 0.15) is 29.5 Å². The number of anilines is 1. The van der Waals surface area contributed by atoms with Gasteiger partial charge in [-0.2, -0.15) is 4.31 Å². The van der Waals surface area contributed by atoms with Crippen LogP contribution < -0.4 is 5.32 Å². The Balaban J connectivity index is 1.86. The molecule has 2 aromatic carbocycles. The molecule has 3 rings (SSSR count). The first-order chi connectivity index (χ1) is 14.2. The van der Waals surface area contributed by atoms with Gasteiger partial charge < -0.3 is 10.1 Å². The molecule has 0 saturated carbocycles. The number of benzene rings is 2. The van der Waals surface area contributed by atoms with Crippen LogP contribution in [0.3, 0.4) is 0 Å². The van der Waals surface area contributed by atoms with Gasteiger partial charge in [-0.1, -0.05) is 29.8 Å². The molecule has 0 aliphatic carbocycles. The van der Waals surface area contributed by atoms with Gasteiger partial charge >= 0.3 is 0 Å². The van der Waals surface area contributed by atoms with E-state index in [0.29, 0.717) is 12.3 Å². The van der Waals surface area contributed by atoms with Gasteiger partial charge in [0.05, 0.1) is 17.7 Å². The van der Waals surface area contributed by atoms with Gasteiger partial charge in [-0.05, 0) is 68.5 Å². The third-order valence-corrected chi connectivity index (χ3v) is 7.63. The molecule has 8 heteroatoms. The number of ether oxygens (including phenoxy) is 1. The highest BCUT2D eigenvalue weighted by atomic mass is 35.5. The second-order valence-electron chi connectivity index (χ2n) is 7.66. The van der Waals surface area contributed by atoms with Crippen molar-refractivity contribution < 1.29 is 17.9 Å². The molecule has 0 radical (unpaired) electrons. The summed E-state index contributed by atoms with van der Waals surface area (Å²) in [5, 5.41) is 2.98. The van der Waals surface area contributed by atoms with Crippen LogP contribution in [0.2, 0.25) is 5.02 Å². The Morgan fingerprint density at radius 1 is 1.23 bits per heavy atom. The molecule has 1 saturated heterocycles. The Morgan fingerprint density at radius 3 is 2.67 bits per heavy atom. The summed E-state index contributed by atoms with van der Waals surface area (Å²) in [6.07, 6.45) is 1.39. The lowest BCUT2D eigenvalue weighted by molar-refractivity contribution is -0.116. The molecule has 162 valence electrons. The number of rotatable bonds is 7. The fourth-order valence-corrected chi connectivity index (χ4v) is 5.45. The van der Waals surface area contributed by atoms with Crippen molar-refractivity contribution in [2.45, 2.75) is 44.6 Å². The Bertz CT molecular complexity index is 1030. The lowest BCUT2D eigenvalue weighted by atomic mass is 10.1. The number of carbonyl (C=O) groups is 1. The average molecular weight is 451 g/mol. The van der Waals surface area contributed by atoms with Crippen LogP contribution in [0.25, 0.3) is 0 Å². The molecule has 0 bridgehead atoms. The number of hydrogen-bond acceptors (Lipinski definition) is 4. The predicted molar refractivity (Wildman–Crippen MR) is 118 cm³/mol. The number of carbonyl (C=O) groups excluding carboxylic acids is 1. The zero-order chi connectivity index (χ0) is 21.9. The standard InChI is InChI=1S/C22H27ClN2O4S/c1-15-9-10-21(19(23)12-15)30(27,28)25(13-18-7-5-11-29-18)14-22(26)24-20-8-4-6-16(2)17(20)3/h4,6,8-10,12,18H,5,7,11,13-14H2,1-3H3,(H,24,26). The number of nitrogens with zero attached hydrogens (tertiary/aromatic N) is 1. The number of nitrogens with one attached hydrogen (secondary N) is 1. The maximum Gasteiger partial charge on any atom is 0.245 e. The number of hydrogen-bond donors (Lipinski definition) is 1. The van der Waals surface area contributed by atoms with Gasteiger partial charge in [-0.3, -0.25) is 4.79 Å². The van der Waals surface area contributed by atoms with Crippen molar-refractivity contribution in [3.05, 3.63) is 58.1 Å². The molecular weight excluding hydrogens is 424 g/mol. The largest absolute Gasteiger partial charge is 0.377 e. The molecule has 1 N–H and O–H groups in total. The van der Waals surface area contributed by atoms with Crippen molar-refractivity contribution in [3.63, 3.8) is 0 Å². The molecular formula is C22H27ClN2O4S. The van der Waals surface area contributed by atoms with Crippen molar-refractivity contribution >= 4 is 33.2 Å². The molecule has 1 aliphatic rings. The Morgan fingerprint density at radius 2 is 2.00 bits per heavy atom. The average Bonchev–Trinajstić information content (AvgIpc) is 3.18. The number of aryl methyl sites for hydroxylation is 2. The minimum Gasteiger partial charge on any atom is -0.377 e. The van der Waals surface area contributed by atoms with Crippen LogP contribution in [0.5, 0.6) is 0 Å². The van der Waals surface area contributed by atoms with E-state index in [9.17, 15) is 13.2 Å². The highest BCUT2D eigenvalue weighted by Gasteiger charge is 2.32. The summed E-state index contributed by atoms with van der Waals surface area (Å²) in [5.41, 5.74) is 3.52. The smallest absolute Gasteiger partial charge is 0.245 e. The lowest BCUT2D eigenvalue weighted by Gasteiger charge is -2.25. The quantitative estimate of drug-likeness (QED) is 0.689. The molecule has 1 atom stereocenters. The van der Waals surface area contributed by atoms with Gasteiger partial charge in [-0.25, -0.2) is 8.42 Å². The van der Waals surface area contributed by atoms with Gasteiger partial charge in [0, 0.05) is 18.8 Å². The first-order valence-electron chi connectivity index (χ1n) is 9.92. The van der Waals surface area contributed by atoms with Gasteiger partial charge in [0.2, 0.25) is 15.9 Å². The first kappa shape index (κ1) is 22.7. The van der Waals surface area contributed by atoms with E-state index >= 15 is 0 Å². The van der Waals surface area contributed by atoms with E-state index in [1.54, 1.807) is 18.2 Å². The van der Waals surface area contributed by atoms with E-state index in [0.717, 1.165) is 29.5 Å². The number of amides is 1. The van der Waals surface area contributed by atoms with E-state index < -0.39 is 15.9 Å². The summed E-state index contributed by atoms with van der Waals surface area (Å²) in [4.78, 5) is 12.8. The minimum absolute atomic E-state index is 0.00713. The normalized spacial score (nSPS) is 16.8. The SMILES string of the molecule is Cc1ccc(S(=O)(=O)N(CC(=O)Nc2cccc(C)c2C)CC2CCCO2)c(Cl)c1. The Labute approximate surface area is 183 Å².